The van der Waals surface area contributed by atoms with Crippen LogP contribution >= 0.6 is 11.6 Å². The summed E-state index contributed by atoms with van der Waals surface area (Å²) in [6.07, 6.45) is 3.05. The van der Waals surface area contributed by atoms with Crippen molar-refractivity contribution in [3.05, 3.63) is 64.7 Å². The van der Waals surface area contributed by atoms with Crippen LogP contribution in [0.4, 0.5) is 0 Å². The first-order valence-electron chi connectivity index (χ1n) is 5.54. The number of aliphatic imine (C=N–C) groups is 1. The first kappa shape index (κ1) is 11.7. The number of halogens is 1. The molecule has 0 unspecified atom stereocenters. The van der Waals surface area contributed by atoms with Gasteiger partial charge >= 0.3 is 5.97 Å². The van der Waals surface area contributed by atoms with Crippen molar-refractivity contribution >= 4 is 29.5 Å². The van der Waals surface area contributed by atoms with Crippen molar-refractivity contribution in [2.24, 2.45) is 4.99 Å². The van der Waals surface area contributed by atoms with Gasteiger partial charge in [-0.15, -0.1) is 0 Å². The number of cyclic esters (lactones) is 1. The summed E-state index contributed by atoms with van der Waals surface area (Å²) in [6, 6.07) is 10.4. The van der Waals surface area contributed by atoms with Gasteiger partial charge in [-0.25, -0.2) is 9.79 Å². The second-order valence-electron chi connectivity index (χ2n) is 3.86. The van der Waals surface area contributed by atoms with E-state index in [-0.39, 0.29) is 11.6 Å². The van der Waals surface area contributed by atoms with Crippen molar-refractivity contribution in [2.75, 3.05) is 0 Å². The largest absolute Gasteiger partial charge is 0.465 e. The molecule has 0 saturated heterocycles. The molecule has 0 fully saturated rings. The lowest BCUT2D eigenvalue weighted by molar-refractivity contribution is -0.129. The lowest BCUT2D eigenvalue weighted by Crippen LogP contribution is -2.05. The maximum Gasteiger partial charge on any atom is 0.363 e. The Balaban J connectivity index is 1.95. The molecule has 1 aliphatic rings. The topological polar surface area (TPSA) is 51.8 Å². The number of benzene rings is 1. The average Bonchev–Trinajstić information content (AvgIpc) is 3.01. The predicted octanol–water partition coefficient (Wildman–Crippen LogP) is 3.28. The Morgan fingerprint density at radius 1 is 1.21 bits per heavy atom. The van der Waals surface area contributed by atoms with E-state index in [0.717, 1.165) is 0 Å². The van der Waals surface area contributed by atoms with Crippen LogP contribution in [0.3, 0.4) is 0 Å². The molecule has 0 bridgehead atoms. The van der Waals surface area contributed by atoms with Gasteiger partial charge in [-0.2, -0.15) is 0 Å². The number of esters is 1. The second kappa shape index (κ2) is 4.74. The Morgan fingerprint density at radius 2 is 2.11 bits per heavy atom. The van der Waals surface area contributed by atoms with Crippen molar-refractivity contribution < 1.29 is 13.9 Å². The molecular formula is C14H8ClNO3. The zero-order valence-corrected chi connectivity index (χ0v) is 10.4. The molecule has 0 aliphatic carbocycles. The fourth-order valence-electron chi connectivity index (χ4n) is 1.66. The van der Waals surface area contributed by atoms with Crippen molar-refractivity contribution in [3.63, 3.8) is 0 Å². The maximum absolute atomic E-state index is 11.7. The average molecular weight is 274 g/mol. The normalized spacial score (nSPS) is 16.6. The van der Waals surface area contributed by atoms with Gasteiger partial charge in [0, 0.05) is 16.7 Å². The Hall–Kier alpha value is -2.33. The van der Waals surface area contributed by atoms with Crippen LogP contribution in [0.15, 0.2) is 57.8 Å². The summed E-state index contributed by atoms with van der Waals surface area (Å²) < 4.78 is 10.2. The van der Waals surface area contributed by atoms with Gasteiger partial charge in [0.15, 0.2) is 5.70 Å². The number of hydrogen-bond acceptors (Lipinski definition) is 4. The molecule has 0 N–H and O–H groups in total. The minimum absolute atomic E-state index is 0.199. The van der Waals surface area contributed by atoms with E-state index in [1.807, 2.05) is 0 Å². The van der Waals surface area contributed by atoms with E-state index in [2.05, 4.69) is 4.99 Å². The quantitative estimate of drug-likeness (QED) is 0.623. The molecule has 2 heterocycles. The van der Waals surface area contributed by atoms with Gasteiger partial charge < -0.3 is 9.15 Å². The molecular weight excluding hydrogens is 266 g/mol. The van der Waals surface area contributed by atoms with E-state index in [1.54, 1.807) is 36.4 Å². The number of carbonyl (C=O) groups is 1. The first-order valence-corrected chi connectivity index (χ1v) is 5.92. The Labute approximate surface area is 114 Å². The van der Waals surface area contributed by atoms with Crippen molar-refractivity contribution in [3.8, 4) is 0 Å². The van der Waals surface area contributed by atoms with Crippen LogP contribution in [0.2, 0.25) is 5.02 Å². The van der Waals surface area contributed by atoms with Crippen molar-refractivity contribution in [1.29, 1.82) is 0 Å². The summed E-state index contributed by atoms with van der Waals surface area (Å²) in [5.41, 5.74) is 0.855. The molecule has 94 valence electrons. The third-order valence-corrected chi connectivity index (χ3v) is 2.75. The molecule has 0 atom stereocenters. The lowest BCUT2D eigenvalue weighted by atomic mass is 10.2. The summed E-state index contributed by atoms with van der Waals surface area (Å²) in [4.78, 5) is 15.8. The smallest absolute Gasteiger partial charge is 0.363 e. The maximum atomic E-state index is 11.7. The van der Waals surface area contributed by atoms with Crippen LogP contribution in [0.25, 0.3) is 6.08 Å². The number of carbonyl (C=O) groups excluding carboxylic acids is 1. The van der Waals surface area contributed by atoms with Crippen LogP contribution in [0, 0.1) is 0 Å². The van der Waals surface area contributed by atoms with Gasteiger partial charge in [-0.05, 0) is 30.3 Å². The van der Waals surface area contributed by atoms with Gasteiger partial charge in [0.2, 0.25) is 5.90 Å². The molecule has 3 rings (SSSR count). The highest BCUT2D eigenvalue weighted by Gasteiger charge is 2.24. The summed E-state index contributed by atoms with van der Waals surface area (Å²) in [5, 5.41) is 0.555. The number of furan rings is 1. The number of nitrogens with zero attached hydrogens (tertiary/aromatic N) is 1. The summed E-state index contributed by atoms with van der Waals surface area (Å²) in [5.74, 6) is 0.278. The van der Waals surface area contributed by atoms with E-state index in [9.17, 15) is 4.79 Å². The van der Waals surface area contributed by atoms with E-state index in [1.165, 1.54) is 12.3 Å². The highest BCUT2D eigenvalue weighted by molar-refractivity contribution is 6.31. The number of ether oxygens (including phenoxy) is 1. The van der Waals surface area contributed by atoms with Crippen LogP contribution in [0.5, 0.6) is 0 Å². The number of hydrogen-bond donors (Lipinski definition) is 0. The van der Waals surface area contributed by atoms with E-state index >= 15 is 0 Å². The van der Waals surface area contributed by atoms with Crippen LogP contribution in [-0.2, 0) is 9.53 Å². The van der Waals surface area contributed by atoms with E-state index in [0.29, 0.717) is 16.3 Å². The molecule has 19 heavy (non-hydrogen) atoms. The predicted molar refractivity (Wildman–Crippen MR) is 70.8 cm³/mol. The lowest BCUT2D eigenvalue weighted by Gasteiger charge is -1.98. The monoisotopic (exact) mass is 273 g/mol. The van der Waals surface area contributed by atoms with Crippen molar-refractivity contribution in [2.45, 2.75) is 0 Å². The second-order valence-corrected chi connectivity index (χ2v) is 4.30. The SMILES string of the molecule is O=C1OC(c2cccc(Cl)c2)=NC1=Cc1ccco1. The molecule has 0 radical (unpaired) electrons. The zero-order valence-electron chi connectivity index (χ0n) is 9.67. The van der Waals surface area contributed by atoms with Crippen LogP contribution in [0.1, 0.15) is 11.3 Å². The molecule has 2 aromatic rings. The van der Waals surface area contributed by atoms with Gasteiger partial charge in [0.25, 0.3) is 0 Å². The zero-order chi connectivity index (χ0) is 13.2. The number of rotatable bonds is 2. The van der Waals surface area contributed by atoms with Crippen LogP contribution < -0.4 is 0 Å². The highest BCUT2D eigenvalue weighted by Crippen LogP contribution is 2.20. The molecule has 5 heteroatoms. The van der Waals surface area contributed by atoms with Gasteiger partial charge in [-0.1, -0.05) is 17.7 Å². The summed E-state index contributed by atoms with van der Waals surface area (Å²) in [7, 11) is 0. The molecule has 1 aromatic carbocycles. The minimum atomic E-state index is -0.508. The molecule has 4 nitrogen and oxygen atoms in total. The molecule has 1 aromatic heterocycles. The third-order valence-electron chi connectivity index (χ3n) is 2.51. The fraction of sp³-hybridized carbons (Fsp3) is 0. The molecule has 0 spiro atoms. The van der Waals surface area contributed by atoms with Gasteiger partial charge in [0.05, 0.1) is 6.26 Å². The Bertz CT molecular complexity index is 686. The van der Waals surface area contributed by atoms with Gasteiger partial charge in [-0.3, -0.25) is 0 Å². The summed E-state index contributed by atoms with van der Waals surface area (Å²) >= 11 is 5.89. The Kier molecular flexibility index (Phi) is 2.93. The molecule has 1 aliphatic heterocycles. The summed E-state index contributed by atoms with van der Waals surface area (Å²) in [6.45, 7) is 0. The third kappa shape index (κ3) is 2.44. The van der Waals surface area contributed by atoms with E-state index < -0.39 is 5.97 Å². The molecule has 0 amide bonds. The van der Waals surface area contributed by atoms with Gasteiger partial charge in [0.1, 0.15) is 5.76 Å². The highest BCUT2D eigenvalue weighted by atomic mass is 35.5. The first-order chi connectivity index (χ1) is 9.22. The van der Waals surface area contributed by atoms with Crippen molar-refractivity contribution in [1.82, 2.24) is 0 Å². The fourth-order valence-corrected chi connectivity index (χ4v) is 1.85. The van der Waals surface area contributed by atoms with E-state index in [4.69, 9.17) is 20.8 Å². The molecule has 0 saturated carbocycles. The standard InChI is InChI=1S/C14H8ClNO3/c15-10-4-1-3-9(7-10)13-16-12(14(17)19-13)8-11-5-2-6-18-11/h1-8H. The Morgan fingerprint density at radius 3 is 2.84 bits per heavy atom. The minimum Gasteiger partial charge on any atom is -0.465 e. The van der Waals surface area contributed by atoms with Crippen LogP contribution in [-0.4, -0.2) is 11.9 Å².